The van der Waals surface area contributed by atoms with Gasteiger partial charge in [0.25, 0.3) is 5.91 Å². The number of nitrogens with one attached hydrogen (secondary N) is 3. The molecule has 0 spiro atoms. The van der Waals surface area contributed by atoms with Crippen LogP contribution in [0.25, 0.3) is 0 Å². The molecule has 3 N–H and O–H groups in total. The van der Waals surface area contributed by atoms with E-state index >= 15 is 0 Å². The third-order valence-corrected chi connectivity index (χ3v) is 5.99. The van der Waals surface area contributed by atoms with Gasteiger partial charge in [-0.2, -0.15) is 0 Å². The average Bonchev–Trinajstić information content (AvgIpc) is 3.52. The first kappa shape index (κ1) is 22.9. The van der Waals surface area contributed by atoms with Crippen LogP contribution in [0, 0.1) is 19.8 Å². The zero-order chi connectivity index (χ0) is 22.4. The smallest absolute Gasteiger partial charge is 0.266 e. The molecule has 9 heteroatoms. The van der Waals surface area contributed by atoms with Crippen LogP contribution in [0.5, 0.6) is 0 Å². The fourth-order valence-electron chi connectivity index (χ4n) is 2.92. The number of benzene rings is 1. The van der Waals surface area contributed by atoms with E-state index in [1.807, 2.05) is 19.9 Å². The van der Waals surface area contributed by atoms with E-state index in [0.717, 1.165) is 24.0 Å². The fraction of sp³-hybridized carbons (Fsp3) is 0.409. The summed E-state index contributed by atoms with van der Waals surface area (Å²) in [5.41, 5.74) is 2.72. The molecule has 1 fully saturated rings. The van der Waals surface area contributed by atoms with Gasteiger partial charge < -0.3 is 25.4 Å². The molecule has 0 radical (unpaired) electrons. The number of carbonyl (C=O) groups excluding carboxylic acids is 3. The molecule has 0 unspecified atom stereocenters. The molecule has 1 aliphatic rings. The highest BCUT2D eigenvalue weighted by atomic mass is 32.1. The lowest BCUT2D eigenvalue weighted by atomic mass is 10.1. The predicted molar refractivity (Wildman–Crippen MR) is 121 cm³/mol. The van der Waals surface area contributed by atoms with Crippen LogP contribution in [0.1, 0.15) is 33.6 Å². The van der Waals surface area contributed by atoms with Crippen molar-refractivity contribution in [1.29, 1.82) is 0 Å². The standard InChI is InChI=1S/C22H27N3O5S/c1-13-11-19(25-21(27)15-7-8-15)31-20(13)22(28)24-17-6-4-5-16(14(17)2)23-18(26)12-30-10-9-29-3/h4-6,11,15H,7-10,12H2,1-3H3,(H,23,26)(H,24,28)(H,25,27). The Morgan fingerprint density at radius 3 is 2.45 bits per heavy atom. The van der Waals surface area contributed by atoms with E-state index in [4.69, 9.17) is 9.47 Å². The van der Waals surface area contributed by atoms with Gasteiger partial charge in [-0.1, -0.05) is 6.07 Å². The molecule has 0 saturated heterocycles. The van der Waals surface area contributed by atoms with Crippen LogP contribution < -0.4 is 16.0 Å². The topological polar surface area (TPSA) is 106 Å². The molecular formula is C22H27N3O5S. The maximum absolute atomic E-state index is 12.8. The van der Waals surface area contributed by atoms with Crippen molar-refractivity contribution in [2.45, 2.75) is 26.7 Å². The monoisotopic (exact) mass is 445 g/mol. The Morgan fingerprint density at radius 1 is 1.06 bits per heavy atom. The van der Waals surface area contributed by atoms with Crippen molar-refractivity contribution >= 4 is 45.4 Å². The van der Waals surface area contributed by atoms with Crippen LogP contribution in [-0.4, -0.2) is 44.7 Å². The van der Waals surface area contributed by atoms with Crippen molar-refractivity contribution in [3.8, 4) is 0 Å². The quantitative estimate of drug-likeness (QED) is 0.485. The van der Waals surface area contributed by atoms with E-state index in [1.54, 1.807) is 25.3 Å². The first-order valence-electron chi connectivity index (χ1n) is 10.1. The number of thiophene rings is 1. The van der Waals surface area contributed by atoms with Crippen LogP contribution in [0.2, 0.25) is 0 Å². The third-order valence-electron chi connectivity index (χ3n) is 4.84. The van der Waals surface area contributed by atoms with Gasteiger partial charge >= 0.3 is 0 Å². The van der Waals surface area contributed by atoms with Gasteiger partial charge in [0, 0.05) is 24.4 Å². The molecule has 166 valence electrons. The Morgan fingerprint density at radius 2 is 1.77 bits per heavy atom. The van der Waals surface area contributed by atoms with Crippen molar-refractivity contribution < 1.29 is 23.9 Å². The highest BCUT2D eigenvalue weighted by Crippen LogP contribution is 2.33. The Labute approximate surface area is 185 Å². The zero-order valence-electron chi connectivity index (χ0n) is 17.9. The molecule has 3 rings (SSSR count). The molecule has 1 aromatic carbocycles. The minimum absolute atomic E-state index is 0.0127. The Balaban J connectivity index is 1.62. The minimum atomic E-state index is -0.284. The summed E-state index contributed by atoms with van der Waals surface area (Å²) in [5, 5.41) is 9.25. The molecule has 0 bridgehead atoms. The number of hydrogen-bond donors (Lipinski definition) is 3. The van der Waals surface area contributed by atoms with Gasteiger partial charge in [0.05, 0.1) is 23.1 Å². The van der Waals surface area contributed by atoms with Crippen LogP contribution in [-0.2, 0) is 19.1 Å². The van der Waals surface area contributed by atoms with E-state index in [9.17, 15) is 14.4 Å². The van der Waals surface area contributed by atoms with Gasteiger partial charge in [0.1, 0.15) is 6.61 Å². The number of aryl methyl sites for hydroxylation is 1. The van der Waals surface area contributed by atoms with Crippen molar-refractivity contribution in [2.24, 2.45) is 5.92 Å². The Bertz CT molecular complexity index is 968. The first-order chi connectivity index (χ1) is 14.9. The van der Waals surface area contributed by atoms with E-state index in [-0.39, 0.29) is 30.2 Å². The molecule has 3 amide bonds. The molecule has 2 aromatic rings. The maximum atomic E-state index is 12.8. The summed E-state index contributed by atoms with van der Waals surface area (Å²) in [4.78, 5) is 37.4. The molecule has 1 heterocycles. The Kier molecular flexibility index (Phi) is 7.78. The number of carbonyl (C=O) groups is 3. The molecular weight excluding hydrogens is 418 g/mol. The number of hydrogen-bond acceptors (Lipinski definition) is 6. The van der Waals surface area contributed by atoms with Crippen LogP contribution >= 0.6 is 11.3 Å². The van der Waals surface area contributed by atoms with Gasteiger partial charge in [-0.25, -0.2) is 0 Å². The molecule has 8 nitrogen and oxygen atoms in total. The summed E-state index contributed by atoms with van der Waals surface area (Å²) in [6, 6.07) is 7.11. The lowest BCUT2D eigenvalue weighted by Crippen LogP contribution is -2.20. The molecule has 31 heavy (non-hydrogen) atoms. The largest absolute Gasteiger partial charge is 0.382 e. The minimum Gasteiger partial charge on any atom is -0.382 e. The summed E-state index contributed by atoms with van der Waals surface area (Å²) in [7, 11) is 1.56. The number of methoxy groups -OCH3 is 1. The van der Waals surface area contributed by atoms with Crippen LogP contribution in [0.3, 0.4) is 0 Å². The van der Waals surface area contributed by atoms with Gasteiger partial charge in [0.15, 0.2) is 0 Å². The molecule has 1 saturated carbocycles. The lowest BCUT2D eigenvalue weighted by Gasteiger charge is -2.13. The van der Waals surface area contributed by atoms with Crippen LogP contribution in [0.4, 0.5) is 16.4 Å². The van der Waals surface area contributed by atoms with Crippen LogP contribution in [0.15, 0.2) is 24.3 Å². The van der Waals surface area contributed by atoms with E-state index in [1.165, 1.54) is 11.3 Å². The van der Waals surface area contributed by atoms with Crippen molar-refractivity contribution in [1.82, 2.24) is 0 Å². The Hall–Kier alpha value is -2.75. The normalized spacial score (nSPS) is 13.0. The molecule has 1 aliphatic carbocycles. The van der Waals surface area contributed by atoms with E-state index in [2.05, 4.69) is 16.0 Å². The SMILES string of the molecule is COCCOCC(=O)Nc1cccc(NC(=O)c2sc(NC(=O)C3CC3)cc2C)c1C. The predicted octanol–water partition coefficient (Wildman–Crippen LogP) is 3.57. The number of amides is 3. The van der Waals surface area contributed by atoms with Gasteiger partial charge in [-0.15, -0.1) is 11.3 Å². The first-order valence-corrected chi connectivity index (χ1v) is 10.9. The summed E-state index contributed by atoms with van der Waals surface area (Å²) < 4.78 is 10.1. The fourth-order valence-corrected chi connectivity index (χ4v) is 3.89. The molecule has 0 aliphatic heterocycles. The highest BCUT2D eigenvalue weighted by molar-refractivity contribution is 7.18. The van der Waals surface area contributed by atoms with E-state index in [0.29, 0.717) is 34.5 Å². The van der Waals surface area contributed by atoms with Crippen molar-refractivity contribution in [2.75, 3.05) is 42.9 Å². The number of anilines is 3. The van der Waals surface area contributed by atoms with E-state index < -0.39 is 0 Å². The van der Waals surface area contributed by atoms with Gasteiger partial charge in [0.2, 0.25) is 11.8 Å². The summed E-state index contributed by atoms with van der Waals surface area (Å²) in [5.74, 6) is -0.430. The maximum Gasteiger partial charge on any atom is 0.266 e. The van der Waals surface area contributed by atoms with Gasteiger partial charge in [-0.05, 0) is 56.0 Å². The highest BCUT2D eigenvalue weighted by Gasteiger charge is 2.30. The van der Waals surface area contributed by atoms with Crippen molar-refractivity contribution in [3.63, 3.8) is 0 Å². The second-order valence-corrected chi connectivity index (χ2v) is 8.46. The number of ether oxygens (including phenoxy) is 2. The average molecular weight is 446 g/mol. The second kappa shape index (κ2) is 10.5. The van der Waals surface area contributed by atoms with Crippen molar-refractivity contribution in [3.05, 3.63) is 40.3 Å². The third kappa shape index (κ3) is 6.36. The summed E-state index contributed by atoms with van der Waals surface area (Å²) >= 11 is 1.25. The second-order valence-electron chi connectivity index (χ2n) is 7.41. The number of rotatable bonds is 10. The summed E-state index contributed by atoms with van der Waals surface area (Å²) in [6.45, 7) is 4.33. The lowest BCUT2D eigenvalue weighted by molar-refractivity contribution is -0.121. The van der Waals surface area contributed by atoms with Gasteiger partial charge in [-0.3, -0.25) is 14.4 Å². The molecule has 1 aromatic heterocycles. The zero-order valence-corrected chi connectivity index (χ0v) is 18.7. The summed E-state index contributed by atoms with van der Waals surface area (Å²) in [6.07, 6.45) is 1.85. The molecule has 0 atom stereocenters.